The summed E-state index contributed by atoms with van der Waals surface area (Å²) in [6.07, 6.45) is 8.69. The molecular weight excluding hydrogens is 617 g/mol. The van der Waals surface area contributed by atoms with E-state index in [1.54, 1.807) is 0 Å². The third-order valence-electron chi connectivity index (χ3n) is 9.07. The minimum atomic E-state index is 1.13. The summed E-state index contributed by atoms with van der Waals surface area (Å²) in [7, 11) is 0. The zero-order valence-corrected chi connectivity index (χ0v) is 29.4. The Morgan fingerprint density at radius 3 is 0.745 bits per heavy atom. The number of aryl methyl sites for hydroxylation is 3. The predicted molar refractivity (Wildman–Crippen MR) is 221 cm³/mol. The highest BCUT2D eigenvalue weighted by Crippen LogP contribution is 2.36. The first-order chi connectivity index (χ1) is 25.0. The van der Waals surface area contributed by atoms with Crippen LogP contribution in [0.5, 0.6) is 0 Å². The van der Waals surface area contributed by atoms with Crippen molar-refractivity contribution >= 4 is 58.4 Å². The third-order valence-corrected chi connectivity index (χ3v) is 9.07. The summed E-state index contributed by atoms with van der Waals surface area (Å²) in [5, 5.41) is 0. The van der Waals surface area contributed by atoms with E-state index in [-0.39, 0.29) is 0 Å². The molecule has 51 heavy (non-hydrogen) atoms. The van der Waals surface area contributed by atoms with Crippen molar-refractivity contribution in [3.8, 4) is 0 Å². The van der Waals surface area contributed by atoms with Crippen molar-refractivity contribution in [1.82, 2.24) is 0 Å². The molecule has 7 rings (SSSR count). The molecule has 0 aliphatic heterocycles. The van der Waals surface area contributed by atoms with E-state index >= 15 is 0 Å². The zero-order valence-electron chi connectivity index (χ0n) is 29.4. The van der Waals surface area contributed by atoms with Gasteiger partial charge >= 0.3 is 0 Å². The molecule has 0 saturated carbocycles. The smallest absolute Gasteiger partial charge is 0.0462 e. The number of hydrogen-bond donors (Lipinski definition) is 0. The van der Waals surface area contributed by atoms with Gasteiger partial charge in [-0.25, -0.2) is 0 Å². The molecule has 2 nitrogen and oxygen atoms in total. The van der Waals surface area contributed by atoms with Crippen LogP contribution in [0.25, 0.3) is 24.3 Å². The SMILES string of the molecule is Cc1ccc(N(c2ccccc2)c2ccc(/C=C/c3ccc(/C=C/c4ccc(N(c5ccc(C)cc5)c5ccc(C)cc5)cc4)cc3)cc2)cc1. The molecule has 0 aliphatic carbocycles. The molecule has 0 N–H and O–H groups in total. The van der Waals surface area contributed by atoms with Crippen molar-refractivity contribution in [2.24, 2.45) is 0 Å². The van der Waals surface area contributed by atoms with Gasteiger partial charge in [-0.15, -0.1) is 0 Å². The van der Waals surface area contributed by atoms with Crippen molar-refractivity contribution < 1.29 is 0 Å². The molecule has 0 bridgehead atoms. The van der Waals surface area contributed by atoms with Gasteiger partial charge < -0.3 is 9.80 Å². The Labute approximate surface area is 302 Å². The molecule has 7 aromatic rings. The van der Waals surface area contributed by atoms with Gasteiger partial charge in [0.2, 0.25) is 0 Å². The molecule has 0 amide bonds. The highest BCUT2D eigenvalue weighted by Gasteiger charge is 2.13. The topological polar surface area (TPSA) is 6.48 Å². The summed E-state index contributed by atoms with van der Waals surface area (Å²) >= 11 is 0. The molecule has 0 aromatic heterocycles. The minimum Gasteiger partial charge on any atom is -0.311 e. The number of anilines is 6. The molecule has 0 fully saturated rings. The van der Waals surface area contributed by atoms with Gasteiger partial charge in [0, 0.05) is 34.1 Å². The minimum absolute atomic E-state index is 1.13. The lowest BCUT2D eigenvalue weighted by Crippen LogP contribution is -2.09. The Kier molecular flexibility index (Phi) is 10.0. The van der Waals surface area contributed by atoms with Gasteiger partial charge in [-0.2, -0.15) is 0 Å². The number of nitrogens with zero attached hydrogens (tertiary/aromatic N) is 2. The van der Waals surface area contributed by atoms with Crippen LogP contribution in [-0.2, 0) is 0 Å². The molecule has 0 atom stereocenters. The molecule has 0 heterocycles. The molecule has 0 spiro atoms. The van der Waals surface area contributed by atoms with E-state index in [0.29, 0.717) is 0 Å². The van der Waals surface area contributed by atoms with Crippen molar-refractivity contribution in [2.75, 3.05) is 9.80 Å². The van der Waals surface area contributed by atoms with Crippen LogP contribution in [0.3, 0.4) is 0 Å². The van der Waals surface area contributed by atoms with E-state index in [9.17, 15) is 0 Å². The lowest BCUT2D eigenvalue weighted by atomic mass is 10.1. The van der Waals surface area contributed by atoms with E-state index in [4.69, 9.17) is 0 Å². The Morgan fingerprint density at radius 1 is 0.255 bits per heavy atom. The summed E-state index contributed by atoms with van der Waals surface area (Å²) in [6, 6.07) is 62.8. The van der Waals surface area contributed by atoms with Crippen molar-refractivity contribution in [3.05, 3.63) is 215 Å². The first kappa shape index (κ1) is 33.1. The Morgan fingerprint density at radius 2 is 0.471 bits per heavy atom. The van der Waals surface area contributed by atoms with Gasteiger partial charge in [0.25, 0.3) is 0 Å². The van der Waals surface area contributed by atoms with Gasteiger partial charge in [0.15, 0.2) is 0 Å². The van der Waals surface area contributed by atoms with Crippen LogP contribution in [0, 0.1) is 20.8 Å². The summed E-state index contributed by atoms with van der Waals surface area (Å²) in [5.41, 5.74) is 15.2. The number of rotatable bonds is 10. The number of benzene rings is 7. The summed E-state index contributed by atoms with van der Waals surface area (Å²) in [5.74, 6) is 0. The van der Waals surface area contributed by atoms with Gasteiger partial charge in [-0.05, 0) is 116 Å². The van der Waals surface area contributed by atoms with E-state index in [1.807, 2.05) is 0 Å². The molecule has 0 unspecified atom stereocenters. The highest BCUT2D eigenvalue weighted by atomic mass is 15.1. The maximum atomic E-state index is 2.30. The van der Waals surface area contributed by atoms with Gasteiger partial charge in [-0.1, -0.05) is 144 Å². The van der Waals surface area contributed by atoms with Crippen LogP contribution in [0.4, 0.5) is 34.1 Å². The van der Waals surface area contributed by atoms with Crippen LogP contribution in [0.1, 0.15) is 38.9 Å². The summed E-state index contributed by atoms with van der Waals surface area (Å²) < 4.78 is 0. The van der Waals surface area contributed by atoms with Gasteiger partial charge in [0.1, 0.15) is 0 Å². The lowest BCUT2D eigenvalue weighted by molar-refractivity contribution is 1.27. The van der Waals surface area contributed by atoms with Gasteiger partial charge in [0.05, 0.1) is 0 Å². The van der Waals surface area contributed by atoms with Crippen molar-refractivity contribution in [3.63, 3.8) is 0 Å². The highest BCUT2D eigenvalue weighted by molar-refractivity contribution is 5.80. The Bertz CT molecular complexity index is 2170. The zero-order chi connectivity index (χ0) is 35.0. The standard InChI is InChI=1S/C49H42N2/c1-37-9-27-45(28-10-37)50(44-7-5-4-6-8-44)48-33-23-42(24-34-48)21-19-40-15-17-41(18-16-40)20-22-43-25-35-49(36-26-43)51(46-29-11-38(2)12-30-46)47-31-13-39(3)14-32-47/h4-36H,1-3H3/b21-19+,22-20+. The number of para-hydroxylation sites is 1. The van der Waals surface area contributed by atoms with Crippen LogP contribution in [-0.4, -0.2) is 0 Å². The monoisotopic (exact) mass is 658 g/mol. The Hall–Kier alpha value is -6.38. The summed E-state index contributed by atoms with van der Waals surface area (Å²) in [4.78, 5) is 4.59. The lowest BCUT2D eigenvalue weighted by Gasteiger charge is -2.25. The van der Waals surface area contributed by atoms with E-state index in [1.165, 1.54) is 27.8 Å². The largest absolute Gasteiger partial charge is 0.311 e. The normalized spacial score (nSPS) is 11.3. The average molecular weight is 659 g/mol. The van der Waals surface area contributed by atoms with Crippen LogP contribution < -0.4 is 9.80 Å². The van der Waals surface area contributed by atoms with E-state index < -0.39 is 0 Å². The second kappa shape index (κ2) is 15.4. The average Bonchev–Trinajstić information content (AvgIpc) is 3.17. The molecule has 0 aliphatic rings. The van der Waals surface area contributed by atoms with Crippen LogP contribution >= 0.6 is 0 Å². The van der Waals surface area contributed by atoms with Crippen LogP contribution in [0.2, 0.25) is 0 Å². The maximum absolute atomic E-state index is 2.30. The molecule has 2 heteroatoms. The fourth-order valence-corrected chi connectivity index (χ4v) is 6.13. The first-order valence-corrected chi connectivity index (χ1v) is 17.5. The second-order valence-corrected chi connectivity index (χ2v) is 13.0. The van der Waals surface area contributed by atoms with Crippen molar-refractivity contribution in [1.29, 1.82) is 0 Å². The second-order valence-electron chi connectivity index (χ2n) is 13.0. The predicted octanol–water partition coefficient (Wildman–Crippen LogP) is 13.9. The maximum Gasteiger partial charge on any atom is 0.0462 e. The summed E-state index contributed by atoms with van der Waals surface area (Å²) in [6.45, 7) is 6.37. The number of hydrogen-bond acceptors (Lipinski definition) is 2. The molecule has 0 radical (unpaired) electrons. The molecule has 0 saturated heterocycles. The fourth-order valence-electron chi connectivity index (χ4n) is 6.13. The first-order valence-electron chi connectivity index (χ1n) is 17.5. The molecule has 7 aromatic carbocycles. The third kappa shape index (κ3) is 8.26. The molecule has 248 valence electrons. The van der Waals surface area contributed by atoms with Gasteiger partial charge in [-0.3, -0.25) is 0 Å². The molecular formula is C49H42N2. The van der Waals surface area contributed by atoms with E-state index in [2.05, 4.69) is 231 Å². The quantitative estimate of drug-likeness (QED) is 0.135. The van der Waals surface area contributed by atoms with E-state index in [0.717, 1.165) is 45.3 Å². The van der Waals surface area contributed by atoms with Crippen LogP contribution in [0.15, 0.2) is 176 Å². The Balaban J connectivity index is 1.02. The fraction of sp³-hybridized carbons (Fsp3) is 0.0612. The van der Waals surface area contributed by atoms with Crippen molar-refractivity contribution in [2.45, 2.75) is 20.8 Å².